The molecule has 0 aromatic carbocycles. The Morgan fingerprint density at radius 3 is 2.40 bits per heavy atom. The van der Waals surface area contributed by atoms with Gasteiger partial charge in [0.2, 0.25) is 0 Å². The van der Waals surface area contributed by atoms with Crippen LogP contribution in [0.25, 0.3) is 0 Å². The molecule has 0 aliphatic carbocycles. The van der Waals surface area contributed by atoms with Crippen molar-refractivity contribution in [2.75, 3.05) is 23.3 Å². The van der Waals surface area contributed by atoms with Crippen LogP contribution in [0.15, 0.2) is 6.33 Å². The standard InChI is InChI=1S/C10H19N5/c1-2-3-4-5-6-13-8-9(11)14-7-15-10(8)12/h7,13H,2-6H2,1H3,(H4,11,12,14,15). The predicted octanol–water partition coefficient (Wildman–Crippen LogP) is 1.63. The van der Waals surface area contributed by atoms with Crippen LogP contribution in [0.1, 0.15) is 32.6 Å². The zero-order valence-electron chi connectivity index (χ0n) is 9.16. The second-order valence-electron chi connectivity index (χ2n) is 3.51. The number of nitrogen functional groups attached to an aromatic ring is 2. The van der Waals surface area contributed by atoms with Crippen molar-refractivity contribution in [1.29, 1.82) is 0 Å². The topological polar surface area (TPSA) is 89.8 Å². The predicted molar refractivity (Wildman–Crippen MR) is 63.5 cm³/mol. The number of nitrogens with zero attached hydrogens (tertiary/aromatic N) is 2. The molecule has 0 fully saturated rings. The first kappa shape index (κ1) is 11.6. The molecule has 0 saturated heterocycles. The van der Waals surface area contributed by atoms with Crippen molar-refractivity contribution in [3.05, 3.63) is 6.33 Å². The van der Waals surface area contributed by atoms with Gasteiger partial charge in [-0.3, -0.25) is 0 Å². The van der Waals surface area contributed by atoms with Crippen LogP contribution in [0.2, 0.25) is 0 Å². The molecule has 5 nitrogen and oxygen atoms in total. The van der Waals surface area contributed by atoms with Gasteiger partial charge < -0.3 is 16.8 Å². The fourth-order valence-electron chi connectivity index (χ4n) is 1.36. The van der Waals surface area contributed by atoms with Crippen molar-refractivity contribution in [2.24, 2.45) is 0 Å². The molecular weight excluding hydrogens is 190 g/mol. The zero-order chi connectivity index (χ0) is 11.1. The third kappa shape index (κ3) is 3.61. The van der Waals surface area contributed by atoms with Crippen LogP contribution in [0, 0.1) is 0 Å². The number of hydrogen-bond donors (Lipinski definition) is 3. The monoisotopic (exact) mass is 209 g/mol. The lowest BCUT2D eigenvalue weighted by Crippen LogP contribution is -2.09. The lowest BCUT2D eigenvalue weighted by atomic mass is 10.2. The van der Waals surface area contributed by atoms with Crippen molar-refractivity contribution >= 4 is 17.3 Å². The summed E-state index contributed by atoms with van der Waals surface area (Å²) in [5.41, 5.74) is 12.0. The average molecular weight is 209 g/mol. The molecule has 0 saturated carbocycles. The van der Waals surface area contributed by atoms with Gasteiger partial charge in [-0.15, -0.1) is 0 Å². The van der Waals surface area contributed by atoms with Crippen LogP contribution in [-0.2, 0) is 0 Å². The summed E-state index contributed by atoms with van der Waals surface area (Å²) in [5, 5.41) is 3.17. The molecule has 0 bridgehead atoms. The van der Waals surface area contributed by atoms with E-state index in [1.807, 2.05) is 0 Å². The van der Waals surface area contributed by atoms with Gasteiger partial charge in [0.05, 0.1) is 0 Å². The van der Waals surface area contributed by atoms with E-state index in [9.17, 15) is 0 Å². The first-order chi connectivity index (χ1) is 7.25. The minimum atomic E-state index is 0.415. The van der Waals surface area contributed by atoms with Gasteiger partial charge in [0.1, 0.15) is 12.0 Å². The van der Waals surface area contributed by atoms with E-state index in [1.54, 1.807) is 0 Å². The van der Waals surface area contributed by atoms with Gasteiger partial charge in [0, 0.05) is 6.54 Å². The molecule has 1 aromatic rings. The minimum Gasteiger partial charge on any atom is -0.382 e. The number of aromatic nitrogens is 2. The number of nitrogens with two attached hydrogens (primary N) is 2. The lowest BCUT2D eigenvalue weighted by molar-refractivity contribution is 0.685. The molecule has 1 heterocycles. The number of hydrogen-bond acceptors (Lipinski definition) is 5. The Morgan fingerprint density at radius 2 is 1.80 bits per heavy atom. The lowest BCUT2D eigenvalue weighted by Gasteiger charge is -2.09. The van der Waals surface area contributed by atoms with Crippen LogP contribution in [0.5, 0.6) is 0 Å². The normalized spacial score (nSPS) is 10.2. The number of nitrogens with one attached hydrogen (secondary N) is 1. The maximum atomic E-state index is 5.67. The molecule has 1 aromatic heterocycles. The van der Waals surface area contributed by atoms with E-state index in [1.165, 1.54) is 25.6 Å². The Morgan fingerprint density at radius 1 is 1.13 bits per heavy atom. The van der Waals surface area contributed by atoms with Crippen LogP contribution >= 0.6 is 0 Å². The van der Waals surface area contributed by atoms with E-state index in [2.05, 4.69) is 22.2 Å². The quantitative estimate of drug-likeness (QED) is 0.619. The van der Waals surface area contributed by atoms with Crippen LogP contribution in [-0.4, -0.2) is 16.5 Å². The summed E-state index contributed by atoms with van der Waals surface area (Å²) >= 11 is 0. The largest absolute Gasteiger partial charge is 0.382 e. The minimum absolute atomic E-state index is 0.415. The van der Waals surface area contributed by atoms with Gasteiger partial charge in [-0.25, -0.2) is 9.97 Å². The van der Waals surface area contributed by atoms with Gasteiger partial charge in [-0.2, -0.15) is 0 Å². The molecule has 0 unspecified atom stereocenters. The highest BCUT2D eigenvalue weighted by molar-refractivity contribution is 5.73. The molecule has 15 heavy (non-hydrogen) atoms. The Balaban J connectivity index is 2.37. The summed E-state index contributed by atoms with van der Waals surface area (Å²) in [6.45, 7) is 3.05. The Hall–Kier alpha value is -1.52. The molecule has 0 radical (unpaired) electrons. The highest BCUT2D eigenvalue weighted by Gasteiger charge is 2.04. The number of anilines is 3. The first-order valence-electron chi connectivity index (χ1n) is 5.35. The highest BCUT2D eigenvalue weighted by atomic mass is 15.0. The average Bonchev–Trinajstić information content (AvgIpc) is 2.21. The van der Waals surface area contributed by atoms with Gasteiger partial charge >= 0.3 is 0 Å². The van der Waals surface area contributed by atoms with Crippen molar-refractivity contribution in [2.45, 2.75) is 32.6 Å². The van der Waals surface area contributed by atoms with Crippen molar-refractivity contribution < 1.29 is 0 Å². The summed E-state index contributed by atoms with van der Waals surface area (Å²) < 4.78 is 0. The van der Waals surface area contributed by atoms with Crippen LogP contribution < -0.4 is 16.8 Å². The van der Waals surface area contributed by atoms with Crippen LogP contribution in [0.3, 0.4) is 0 Å². The number of unbranched alkanes of at least 4 members (excludes halogenated alkanes) is 3. The molecule has 0 aliphatic rings. The fourth-order valence-corrected chi connectivity index (χ4v) is 1.36. The smallest absolute Gasteiger partial charge is 0.152 e. The summed E-state index contributed by atoms with van der Waals surface area (Å²) in [7, 11) is 0. The van der Waals surface area contributed by atoms with Gasteiger partial charge in [0.15, 0.2) is 11.6 Å². The van der Waals surface area contributed by atoms with Crippen molar-refractivity contribution in [3.8, 4) is 0 Å². The Labute approximate surface area is 90.3 Å². The van der Waals surface area contributed by atoms with E-state index in [4.69, 9.17) is 11.5 Å². The SMILES string of the molecule is CCCCCCNc1c(N)ncnc1N. The van der Waals surface area contributed by atoms with E-state index < -0.39 is 0 Å². The molecule has 0 spiro atoms. The summed E-state index contributed by atoms with van der Waals surface area (Å²) in [4.78, 5) is 7.76. The molecule has 0 aliphatic heterocycles. The maximum Gasteiger partial charge on any atom is 0.152 e. The summed E-state index contributed by atoms with van der Waals surface area (Å²) in [6, 6.07) is 0. The van der Waals surface area contributed by atoms with Gasteiger partial charge in [-0.1, -0.05) is 26.2 Å². The fraction of sp³-hybridized carbons (Fsp3) is 0.600. The molecule has 84 valence electrons. The Kier molecular flexibility index (Phi) is 4.66. The molecule has 5 heteroatoms. The zero-order valence-corrected chi connectivity index (χ0v) is 9.16. The molecule has 5 N–H and O–H groups in total. The Bertz CT molecular complexity index is 280. The van der Waals surface area contributed by atoms with E-state index in [-0.39, 0.29) is 0 Å². The third-order valence-corrected chi connectivity index (χ3v) is 2.24. The summed E-state index contributed by atoms with van der Waals surface area (Å²) in [6.07, 6.45) is 6.20. The van der Waals surface area contributed by atoms with E-state index in [0.29, 0.717) is 17.3 Å². The molecule has 0 amide bonds. The molecule has 1 rings (SSSR count). The van der Waals surface area contributed by atoms with E-state index >= 15 is 0 Å². The first-order valence-corrected chi connectivity index (χ1v) is 5.35. The summed E-state index contributed by atoms with van der Waals surface area (Å²) in [5.74, 6) is 0.830. The maximum absolute atomic E-state index is 5.67. The second kappa shape index (κ2) is 6.06. The van der Waals surface area contributed by atoms with Crippen molar-refractivity contribution in [3.63, 3.8) is 0 Å². The van der Waals surface area contributed by atoms with E-state index in [0.717, 1.165) is 13.0 Å². The number of rotatable bonds is 6. The van der Waals surface area contributed by atoms with Gasteiger partial charge in [0.25, 0.3) is 0 Å². The third-order valence-electron chi connectivity index (χ3n) is 2.24. The van der Waals surface area contributed by atoms with Crippen molar-refractivity contribution in [1.82, 2.24) is 9.97 Å². The highest BCUT2D eigenvalue weighted by Crippen LogP contribution is 2.20. The van der Waals surface area contributed by atoms with Gasteiger partial charge in [-0.05, 0) is 6.42 Å². The second-order valence-corrected chi connectivity index (χ2v) is 3.51. The molecule has 0 atom stereocenters. The van der Waals surface area contributed by atoms with Crippen LogP contribution in [0.4, 0.5) is 17.3 Å². The molecular formula is C10H19N5.